The van der Waals surface area contributed by atoms with Gasteiger partial charge in [0.2, 0.25) is 5.89 Å². The molecule has 8 heteroatoms. The number of hydrogen-bond donors (Lipinski definition) is 2. The van der Waals surface area contributed by atoms with Crippen LogP contribution in [0.15, 0.2) is 34.7 Å². The molecule has 8 nitrogen and oxygen atoms in total. The van der Waals surface area contributed by atoms with E-state index in [1.807, 2.05) is 30.3 Å². The molecule has 2 amide bonds. The van der Waals surface area contributed by atoms with Crippen molar-refractivity contribution in [3.05, 3.63) is 36.2 Å². The van der Waals surface area contributed by atoms with Crippen molar-refractivity contribution in [1.82, 2.24) is 20.8 Å². The quantitative estimate of drug-likeness (QED) is 0.660. The molecule has 4 saturated carbocycles. The number of carbonyl (C=O) groups excluding carboxylic acids is 2. The maximum atomic E-state index is 12.4. The Morgan fingerprint density at radius 2 is 1.71 bits per heavy atom. The first-order chi connectivity index (χ1) is 15.1. The Balaban J connectivity index is 1.03. The average Bonchev–Trinajstić information content (AvgIpc) is 3.21. The van der Waals surface area contributed by atoms with Crippen LogP contribution in [0.3, 0.4) is 0 Å². The topological polar surface area (TPSA) is 106 Å². The van der Waals surface area contributed by atoms with E-state index in [0.29, 0.717) is 5.89 Å². The number of hydrogen-bond acceptors (Lipinski definition) is 6. The molecule has 31 heavy (non-hydrogen) atoms. The molecule has 164 valence electrons. The summed E-state index contributed by atoms with van der Waals surface area (Å²) in [4.78, 5) is 24.4. The van der Waals surface area contributed by atoms with Gasteiger partial charge in [-0.05, 0) is 68.4 Å². The second kappa shape index (κ2) is 8.32. The van der Waals surface area contributed by atoms with E-state index in [1.165, 1.54) is 19.3 Å². The number of nitrogens with one attached hydrogen (secondary N) is 2. The Bertz CT molecular complexity index is 907. The maximum Gasteiger partial charge on any atom is 0.315 e. The van der Waals surface area contributed by atoms with Gasteiger partial charge in [-0.3, -0.25) is 4.79 Å². The van der Waals surface area contributed by atoms with Crippen LogP contribution in [0, 0.1) is 17.8 Å². The molecule has 0 spiro atoms. The maximum absolute atomic E-state index is 12.4. The van der Waals surface area contributed by atoms with Crippen molar-refractivity contribution in [2.45, 2.75) is 57.1 Å². The Hall–Kier alpha value is -2.90. The molecule has 6 rings (SSSR count). The lowest BCUT2D eigenvalue weighted by Crippen LogP contribution is -2.61. The highest BCUT2D eigenvalue weighted by atomic mass is 16.5. The van der Waals surface area contributed by atoms with E-state index < -0.39 is 5.97 Å². The summed E-state index contributed by atoms with van der Waals surface area (Å²) in [6.45, 7) is 0.147. The van der Waals surface area contributed by atoms with Gasteiger partial charge in [0.25, 0.3) is 5.89 Å². The molecule has 0 radical (unpaired) electrons. The van der Waals surface area contributed by atoms with Gasteiger partial charge in [-0.1, -0.05) is 18.2 Å². The van der Waals surface area contributed by atoms with E-state index in [0.717, 1.165) is 42.6 Å². The molecule has 2 N–H and O–H groups in total. The van der Waals surface area contributed by atoms with Crippen LogP contribution in [-0.2, 0) is 16.1 Å². The Labute approximate surface area is 181 Å². The Morgan fingerprint density at radius 1 is 1.03 bits per heavy atom. The summed E-state index contributed by atoms with van der Waals surface area (Å²) in [5, 5.41) is 13.9. The lowest BCUT2D eigenvalue weighted by Gasteiger charge is -2.56. The highest BCUT2D eigenvalue weighted by molar-refractivity contribution is 5.76. The highest BCUT2D eigenvalue weighted by Gasteiger charge is 2.51. The highest BCUT2D eigenvalue weighted by Crippen LogP contribution is 2.55. The van der Waals surface area contributed by atoms with Gasteiger partial charge >= 0.3 is 12.0 Å². The van der Waals surface area contributed by atoms with E-state index >= 15 is 0 Å². The molecule has 1 heterocycles. The zero-order valence-electron chi connectivity index (χ0n) is 17.5. The van der Waals surface area contributed by atoms with Crippen LogP contribution in [0.2, 0.25) is 0 Å². The molecule has 4 aliphatic carbocycles. The number of aromatic nitrogens is 2. The number of esters is 1. The first-order valence-electron chi connectivity index (χ1n) is 11.2. The van der Waals surface area contributed by atoms with E-state index in [1.54, 1.807) is 0 Å². The summed E-state index contributed by atoms with van der Waals surface area (Å²) in [7, 11) is 0. The normalized spacial score (nSPS) is 28.3. The molecule has 0 unspecified atom stereocenters. The van der Waals surface area contributed by atoms with Gasteiger partial charge in [0.15, 0.2) is 6.61 Å². The third-order valence-corrected chi connectivity index (χ3v) is 6.88. The van der Waals surface area contributed by atoms with Crippen LogP contribution in [0.1, 0.15) is 50.8 Å². The van der Waals surface area contributed by atoms with Gasteiger partial charge in [-0.2, -0.15) is 0 Å². The summed E-state index contributed by atoms with van der Waals surface area (Å²) >= 11 is 0. The summed E-state index contributed by atoms with van der Waals surface area (Å²) in [5.74, 6) is 2.51. The number of ether oxygens (including phenoxy) is 1. The fourth-order valence-corrected chi connectivity index (χ4v) is 6.05. The zero-order valence-corrected chi connectivity index (χ0v) is 17.5. The second-order valence-electron chi connectivity index (χ2n) is 9.36. The second-order valence-corrected chi connectivity index (χ2v) is 9.36. The van der Waals surface area contributed by atoms with Gasteiger partial charge in [-0.15, -0.1) is 10.2 Å². The summed E-state index contributed by atoms with van der Waals surface area (Å²) in [5.41, 5.74) is 0.773. The number of rotatable bonds is 7. The molecular formula is C23H28N4O4. The van der Waals surface area contributed by atoms with Gasteiger partial charge in [0.1, 0.15) is 0 Å². The minimum Gasteiger partial charge on any atom is -0.456 e. The minimum atomic E-state index is -0.422. The zero-order chi connectivity index (χ0) is 21.3. The molecule has 0 aliphatic heterocycles. The van der Waals surface area contributed by atoms with Crippen molar-refractivity contribution >= 4 is 12.0 Å². The van der Waals surface area contributed by atoms with Crippen molar-refractivity contribution < 1.29 is 18.7 Å². The number of nitrogens with zero attached hydrogens (tertiary/aromatic N) is 2. The number of urea groups is 1. The number of benzene rings is 1. The van der Waals surface area contributed by atoms with Crippen LogP contribution in [0.4, 0.5) is 4.79 Å². The Morgan fingerprint density at radius 3 is 2.39 bits per heavy atom. The SMILES string of the molecule is O=C(NCCC(=O)OCc1nnc(-c2ccccc2)o1)NC12CC3CC(CC(C3)C1)C2. The van der Waals surface area contributed by atoms with Crippen molar-refractivity contribution in [3.8, 4) is 11.5 Å². The molecule has 0 saturated heterocycles. The van der Waals surface area contributed by atoms with E-state index in [2.05, 4.69) is 20.8 Å². The summed E-state index contributed by atoms with van der Waals surface area (Å²) in [6, 6.07) is 9.21. The van der Waals surface area contributed by atoms with E-state index in [-0.39, 0.29) is 37.0 Å². The third kappa shape index (κ3) is 4.57. The molecule has 0 atom stereocenters. The van der Waals surface area contributed by atoms with Gasteiger partial charge in [-0.25, -0.2) is 4.79 Å². The van der Waals surface area contributed by atoms with Crippen LogP contribution in [0.25, 0.3) is 11.5 Å². The van der Waals surface area contributed by atoms with Crippen molar-refractivity contribution in [2.75, 3.05) is 6.54 Å². The van der Waals surface area contributed by atoms with Gasteiger partial charge in [0, 0.05) is 17.6 Å². The number of carbonyl (C=O) groups is 2. The summed E-state index contributed by atoms with van der Waals surface area (Å²) < 4.78 is 10.7. The fourth-order valence-electron chi connectivity index (χ4n) is 6.05. The van der Waals surface area contributed by atoms with Crippen LogP contribution in [-0.4, -0.2) is 34.3 Å². The largest absolute Gasteiger partial charge is 0.456 e. The molecule has 2 aromatic rings. The van der Waals surface area contributed by atoms with E-state index in [4.69, 9.17) is 9.15 Å². The lowest BCUT2D eigenvalue weighted by molar-refractivity contribution is -0.145. The van der Waals surface area contributed by atoms with Crippen molar-refractivity contribution in [1.29, 1.82) is 0 Å². The third-order valence-electron chi connectivity index (χ3n) is 6.88. The van der Waals surface area contributed by atoms with Crippen LogP contribution in [0.5, 0.6) is 0 Å². The van der Waals surface area contributed by atoms with Crippen LogP contribution < -0.4 is 10.6 Å². The van der Waals surface area contributed by atoms with Gasteiger partial charge < -0.3 is 19.8 Å². The van der Waals surface area contributed by atoms with Crippen LogP contribution >= 0.6 is 0 Å². The smallest absolute Gasteiger partial charge is 0.315 e. The minimum absolute atomic E-state index is 0.0340. The fraction of sp³-hybridized carbons (Fsp3) is 0.565. The molecule has 1 aromatic carbocycles. The molecular weight excluding hydrogens is 396 g/mol. The van der Waals surface area contributed by atoms with Gasteiger partial charge in [0.05, 0.1) is 6.42 Å². The lowest BCUT2D eigenvalue weighted by atomic mass is 9.53. The van der Waals surface area contributed by atoms with Crippen molar-refractivity contribution in [2.24, 2.45) is 17.8 Å². The first kappa shape index (κ1) is 20.0. The molecule has 4 bridgehead atoms. The predicted octanol–water partition coefficient (Wildman–Crippen LogP) is 3.44. The van der Waals surface area contributed by atoms with Crippen molar-refractivity contribution in [3.63, 3.8) is 0 Å². The number of amides is 2. The summed E-state index contributed by atoms with van der Waals surface area (Å²) in [6.07, 6.45) is 7.40. The average molecular weight is 425 g/mol. The Kier molecular flexibility index (Phi) is 5.38. The molecule has 1 aromatic heterocycles. The molecule has 4 fully saturated rings. The van der Waals surface area contributed by atoms with E-state index in [9.17, 15) is 9.59 Å². The standard InChI is InChI=1S/C23H28N4O4/c28-20(30-14-19-26-27-21(31-19)18-4-2-1-3-5-18)6-7-24-22(29)25-23-11-15-8-16(12-23)10-17(9-15)13-23/h1-5,15-17H,6-14H2,(H2,24,25,29). The predicted molar refractivity (Wildman–Crippen MR) is 112 cm³/mol. The first-order valence-corrected chi connectivity index (χ1v) is 11.2. The monoisotopic (exact) mass is 424 g/mol. The molecule has 4 aliphatic rings.